The van der Waals surface area contributed by atoms with E-state index in [-0.39, 0.29) is 17.2 Å². The van der Waals surface area contributed by atoms with Gasteiger partial charge in [-0.05, 0) is 59.1 Å². The predicted molar refractivity (Wildman–Crippen MR) is 125 cm³/mol. The highest BCUT2D eigenvalue weighted by atomic mass is 79.9. The first kappa shape index (κ1) is 25.6. The Kier molecular flexibility index (Phi) is 10.4. The van der Waals surface area contributed by atoms with Gasteiger partial charge >= 0.3 is 11.8 Å². The number of halogens is 3. The van der Waals surface area contributed by atoms with Gasteiger partial charge in [0, 0.05) is 12.1 Å². The largest absolute Gasteiger partial charge is 0.490 e. The number of hydrogen-bond acceptors (Lipinski definition) is 5. The minimum Gasteiger partial charge on any atom is -0.490 e. The minimum absolute atomic E-state index is 0.0964. The number of carbonyl (C=O) groups excluding carboxylic acids is 2. The number of nitrogens with zero attached hydrogens (tertiary/aromatic N) is 1. The summed E-state index contributed by atoms with van der Waals surface area (Å²) in [5.74, 6) is -1.32. The van der Waals surface area contributed by atoms with E-state index in [1.54, 1.807) is 18.2 Å². The number of benzene rings is 2. The van der Waals surface area contributed by atoms with Gasteiger partial charge in [-0.2, -0.15) is 5.10 Å². The molecule has 2 aromatic carbocycles. The first-order valence-electron chi connectivity index (χ1n) is 10.0. The Balaban J connectivity index is 2.10. The molecule has 0 aromatic heterocycles. The van der Waals surface area contributed by atoms with Crippen LogP contribution in [-0.2, 0) is 16.2 Å². The lowest BCUT2D eigenvalue weighted by Gasteiger charge is -2.15. The van der Waals surface area contributed by atoms with Crippen LogP contribution in [0.4, 0.5) is 4.39 Å². The smallest absolute Gasteiger partial charge is 0.329 e. The summed E-state index contributed by atoms with van der Waals surface area (Å²) in [5, 5.41) is 6.58. The van der Waals surface area contributed by atoms with E-state index in [0.29, 0.717) is 34.7 Å². The minimum atomic E-state index is -0.858. The third kappa shape index (κ3) is 7.49. The van der Waals surface area contributed by atoms with Crippen molar-refractivity contribution in [3.63, 3.8) is 0 Å². The maximum Gasteiger partial charge on any atom is 0.329 e. The fraction of sp³-hybridized carbons (Fsp3) is 0.318. The quantitative estimate of drug-likeness (QED) is 0.204. The average Bonchev–Trinajstić information content (AvgIpc) is 2.75. The fourth-order valence-electron chi connectivity index (χ4n) is 2.56. The molecule has 10 heteroatoms. The molecule has 0 saturated heterocycles. The molecule has 0 heterocycles. The van der Waals surface area contributed by atoms with Crippen molar-refractivity contribution in [2.75, 3.05) is 13.2 Å². The fourth-order valence-corrected chi connectivity index (χ4v) is 3.35. The molecule has 0 fully saturated rings. The van der Waals surface area contributed by atoms with Crippen LogP contribution in [0.1, 0.15) is 37.8 Å². The number of ether oxygens (including phenoxy) is 2. The van der Waals surface area contributed by atoms with Crippen molar-refractivity contribution in [2.24, 2.45) is 5.10 Å². The van der Waals surface area contributed by atoms with Gasteiger partial charge in [0.15, 0.2) is 11.5 Å². The molecule has 0 aliphatic carbocycles. The van der Waals surface area contributed by atoms with Gasteiger partial charge in [-0.25, -0.2) is 9.82 Å². The Bertz CT molecular complexity index is 968. The van der Waals surface area contributed by atoms with Crippen molar-refractivity contribution in [3.05, 3.63) is 56.8 Å². The van der Waals surface area contributed by atoms with E-state index >= 15 is 0 Å². The second kappa shape index (κ2) is 13.0. The Morgan fingerprint density at radius 2 is 2.00 bits per heavy atom. The van der Waals surface area contributed by atoms with Crippen molar-refractivity contribution in [2.45, 2.75) is 33.3 Å². The Morgan fingerprint density at radius 3 is 2.69 bits per heavy atom. The third-order valence-corrected chi connectivity index (χ3v) is 5.10. The molecule has 0 radical (unpaired) electrons. The van der Waals surface area contributed by atoms with Crippen LogP contribution in [-0.4, -0.2) is 31.2 Å². The topological polar surface area (TPSA) is 89.0 Å². The normalized spacial score (nSPS) is 10.8. The molecule has 0 aliphatic heterocycles. The predicted octanol–water partition coefficient (Wildman–Crippen LogP) is 4.59. The maximum absolute atomic E-state index is 14.0. The first-order chi connectivity index (χ1) is 15.4. The van der Waals surface area contributed by atoms with Crippen molar-refractivity contribution in [1.29, 1.82) is 0 Å². The highest BCUT2D eigenvalue weighted by Gasteiger charge is 2.15. The highest BCUT2D eigenvalue weighted by molar-refractivity contribution is 9.10. The third-order valence-electron chi connectivity index (χ3n) is 4.16. The molecular weight excluding hydrogens is 505 g/mol. The lowest BCUT2D eigenvalue weighted by Crippen LogP contribution is -2.38. The number of rotatable bonds is 10. The second-order valence-electron chi connectivity index (χ2n) is 6.56. The van der Waals surface area contributed by atoms with E-state index in [2.05, 4.69) is 31.8 Å². The summed E-state index contributed by atoms with van der Waals surface area (Å²) in [6.45, 7) is 4.48. The van der Waals surface area contributed by atoms with Crippen LogP contribution in [0.25, 0.3) is 0 Å². The van der Waals surface area contributed by atoms with Crippen LogP contribution in [0, 0.1) is 5.82 Å². The zero-order valence-electron chi connectivity index (χ0n) is 17.7. The van der Waals surface area contributed by atoms with Crippen molar-refractivity contribution < 1.29 is 23.5 Å². The van der Waals surface area contributed by atoms with Gasteiger partial charge in [-0.15, -0.1) is 0 Å². The molecular formula is C22H24BrClFN3O4. The zero-order chi connectivity index (χ0) is 23.5. The second-order valence-corrected chi connectivity index (χ2v) is 7.82. The van der Waals surface area contributed by atoms with Crippen LogP contribution in [0.2, 0.25) is 5.02 Å². The van der Waals surface area contributed by atoms with Crippen molar-refractivity contribution >= 4 is 45.6 Å². The van der Waals surface area contributed by atoms with Crippen LogP contribution in [0.5, 0.6) is 11.5 Å². The number of nitrogens with one attached hydrogen (secondary N) is 2. The molecule has 7 nitrogen and oxygen atoms in total. The molecule has 0 spiro atoms. The number of unbranched alkanes of at least 4 members (excludes halogenated alkanes) is 1. The van der Waals surface area contributed by atoms with Crippen LogP contribution < -0.4 is 20.2 Å². The number of carbonyl (C=O) groups is 2. The standard InChI is InChI=1S/C22H24BrClFN3O4/c1-3-5-9-26-21(29)22(30)28-27-12-14-10-16(23)20(19(11-14)31-4-2)32-13-15-17(24)7-6-8-18(15)25/h6-8,10-12H,3-5,9,13H2,1-2H3,(H,26,29)(H,28,30)/b27-12-. The summed E-state index contributed by atoms with van der Waals surface area (Å²) in [5.41, 5.74) is 2.98. The zero-order valence-corrected chi connectivity index (χ0v) is 20.1. The van der Waals surface area contributed by atoms with E-state index in [0.717, 1.165) is 12.8 Å². The molecule has 2 rings (SSSR count). The Morgan fingerprint density at radius 1 is 1.22 bits per heavy atom. The van der Waals surface area contributed by atoms with Crippen LogP contribution in [0.15, 0.2) is 39.9 Å². The van der Waals surface area contributed by atoms with Crippen LogP contribution in [0.3, 0.4) is 0 Å². The van der Waals surface area contributed by atoms with E-state index in [1.165, 1.54) is 18.3 Å². The van der Waals surface area contributed by atoms with Gasteiger partial charge in [0.05, 0.1) is 22.3 Å². The average molecular weight is 529 g/mol. The number of hydrogen-bond donors (Lipinski definition) is 2. The molecule has 0 bridgehead atoms. The van der Waals surface area contributed by atoms with Gasteiger partial charge in [0.2, 0.25) is 0 Å². The summed E-state index contributed by atoms with van der Waals surface area (Å²) in [7, 11) is 0. The van der Waals surface area contributed by atoms with Gasteiger partial charge in [0.25, 0.3) is 0 Å². The van der Waals surface area contributed by atoms with Gasteiger partial charge < -0.3 is 14.8 Å². The monoisotopic (exact) mass is 527 g/mol. The SMILES string of the molecule is CCCCNC(=O)C(=O)N/N=C\c1cc(Br)c(OCc2c(F)cccc2Cl)c(OCC)c1. The van der Waals surface area contributed by atoms with E-state index in [1.807, 2.05) is 13.8 Å². The Labute approximate surface area is 199 Å². The lowest BCUT2D eigenvalue weighted by molar-refractivity contribution is -0.139. The summed E-state index contributed by atoms with van der Waals surface area (Å²) in [6, 6.07) is 7.73. The summed E-state index contributed by atoms with van der Waals surface area (Å²) < 4.78 is 26.0. The maximum atomic E-state index is 14.0. The lowest BCUT2D eigenvalue weighted by atomic mass is 10.2. The molecule has 32 heavy (non-hydrogen) atoms. The molecule has 0 unspecified atom stereocenters. The van der Waals surface area contributed by atoms with Crippen molar-refractivity contribution in [1.82, 2.24) is 10.7 Å². The number of hydrazone groups is 1. The molecule has 2 N–H and O–H groups in total. The molecule has 172 valence electrons. The molecule has 0 aliphatic rings. The molecule has 2 amide bonds. The molecule has 0 atom stereocenters. The summed E-state index contributed by atoms with van der Waals surface area (Å²) >= 11 is 9.47. The van der Waals surface area contributed by atoms with Crippen LogP contribution >= 0.6 is 27.5 Å². The van der Waals surface area contributed by atoms with E-state index < -0.39 is 17.6 Å². The van der Waals surface area contributed by atoms with Gasteiger partial charge in [-0.3, -0.25) is 9.59 Å². The van der Waals surface area contributed by atoms with E-state index in [4.69, 9.17) is 21.1 Å². The summed E-state index contributed by atoms with van der Waals surface area (Å²) in [6.07, 6.45) is 3.06. The van der Waals surface area contributed by atoms with Gasteiger partial charge in [0.1, 0.15) is 12.4 Å². The number of amides is 2. The Hall–Kier alpha value is -2.65. The first-order valence-corrected chi connectivity index (χ1v) is 11.2. The highest BCUT2D eigenvalue weighted by Crippen LogP contribution is 2.37. The van der Waals surface area contributed by atoms with Crippen molar-refractivity contribution in [3.8, 4) is 11.5 Å². The summed E-state index contributed by atoms with van der Waals surface area (Å²) in [4.78, 5) is 23.4. The molecule has 0 saturated carbocycles. The van der Waals surface area contributed by atoms with E-state index in [9.17, 15) is 14.0 Å². The van der Waals surface area contributed by atoms with Gasteiger partial charge in [-0.1, -0.05) is 31.0 Å². The molecule has 2 aromatic rings.